The fraction of sp³-hybridized carbons (Fsp3) is 0.350. The summed E-state index contributed by atoms with van der Waals surface area (Å²) in [5, 5.41) is 17.0. The van der Waals surface area contributed by atoms with Gasteiger partial charge in [0.1, 0.15) is 5.75 Å². The van der Waals surface area contributed by atoms with E-state index in [4.69, 9.17) is 5.10 Å². The summed E-state index contributed by atoms with van der Waals surface area (Å²) in [5.74, 6) is 0.947. The zero-order valence-corrected chi connectivity index (χ0v) is 13.5. The molecule has 4 heteroatoms. The van der Waals surface area contributed by atoms with E-state index in [1.54, 1.807) is 12.1 Å². The van der Waals surface area contributed by atoms with Crippen molar-refractivity contribution in [3.8, 4) is 5.75 Å². The molecule has 2 atom stereocenters. The number of aromatic hydroxyl groups is 1. The first-order valence-electron chi connectivity index (χ1n) is 8.77. The van der Waals surface area contributed by atoms with E-state index in [1.165, 1.54) is 37.2 Å². The Morgan fingerprint density at radius 3 is 2.29 bits per heavy atom. The van der Waals surface area contributed by atoms with Crippen molar-refractivity contribution in [1.82, 2.24) is 4.90 Å². The van der Waals surface area contributed by atoms with Crippen LogP contribution in [0.25, 0.3) is 0 Å². The van der Waals surface area contributed by atoms with Crippen molar-refractivity contribution in [3.63, 3.8) is 0 Å². The largest absolute Gasteiger partial charge is 0.508 e. The van der Waals surface area contributed by atoms with Crippen molar-refractivity contribution in [2.45, 2.75) is 24.9 Å². The molecule has 0 aromatic heterocycles. The second-order valence-corrected chi connectivity index (χ2v) is 7.00. The summed E-state index contributed by atoms with van der Waals surface area (Å²) in [6, 6.07) is 18.6. The third-order valence-electron chi connectivity index (χ3n) is 5.69. The molecule has 2 aromatic carbocycles. The number of hydrogen-bond acceptors (Lipinski definition) is 4. The van der Waals surface area contributed by atoms with E-state index < -0.39 is 0 Å². The van der Waals surface area contributed by atoms with Crippen LogP contribution in [0.1, 0.15) is 24.4 Å². The van der Waals surface area contributed by atoms with Gasteiger partial charge in [-0.1, -0.05) is 30.3 Å². The summed E-state index contributed by atoms with van der Waals surface area (Å²) in [6.07, 6.45) is 2.47. The normalized spacial score (nSPS) is 31.0. The molecule has 2 bridgehead atoms. The standard InChI is InChI=1S/C20H21N3O/c24-17-8-6-15(7-9-17)19-20-18(14-10-12-22(20)13-11-14)21-23(19)16-4-2-1-3-5-16/h1-9,14,19-20,24H,10-13H2. The summed E-state index contributed by atoms with van der Waals surface area (Å²) in [5.41, 5.74) is 3.71. The minimum atomic E-state index is 0.186. The maximum Gasteiger partial charge on any atom is 0.115 e. The molecule has 1 N–H and O–H groups in total. The van der Waals surface area contributed by atoms with Crippen LogP contribution in [0, 0.1) is 5.92 Å². The van der Waals surface area contributed by atoms with Crippen molar-refractivity contribution >= 4 is 11.4 Å². The number of rotatable bonds is 2. The van der Waals surface area contributed by atoms with Gasteiger partial charge in [-0.05, 0) is 55.8 Å². The van der Waals surface area contributed by atoms with Crippen LogP contribution in [-0.2, 0) is 0 Å². The predicted octanol–water partition coefficient (Wildman–Crippen LogP) is 3.40. The van der Waals surface area contributed by atoms with Crippen LogP contribution < -0.4 is 5.01 Å². The zero-order valence-electron chi connectivity index (χ0n) is 13.5. The molecule has 0 radical (unpaired) electrons. The number of phenolic OH excluding ortho intramolecular Hbond substituents is 1. The van der Waals surface area contributed by atoms with E-state index in [9.17, 15) is 5.11 Å². The van der Waals surface area contributed by atoms with Crippen molar-refractivity contribution in [2.24, 2.45) is 11.0 Å². The van der Waals surface area contributed by atoms with Gasteiger partial charge in [0.2, 0.25) is 0 Å². The minimum Gasteiger partial charge on any atom is -0.508 e. The molecule has 0 spiro atoms. The first-order chi connectivity index (χ1) is 11.8. The Bertz CT molecular complexity index is 763. The fourth-order valence-electron chi connectivity index (χ4n) is 4.52. The Labute approximate surface area is 142 Å². The monoisotopic (exact) mass is 319 g/mol. The molecule has 0 saturated carbocycles. The minimum absolute atomic E-state index is 0.186. The number of anilines is 1. The summed E-state index contributed by atoms with van der Waals surface area (Å²) < 4.78 is 0. The van der Waals surface area contributed by atoms with Gasteiger partial charge in [-0.25, -0.2) is 0 Å². The van der Waals surface area contributed by atoms with Crippen molar-refractivity contribution in [1.29, 1.82) is 0 Å². The van der Waals surface area contributed by atoms with Crippen molar-refractivity contribution in [3.05, 3.63) is 60.2 Å². The molecule has 122 valence electrons. The van der Waals surface area contributed by atoms with Crippen LogP contribution in [0.3, 0.4) is 0 Å². The SMILES string of the molecule is Oc1ccc(C2C3C(=NN2c2ccccc2)C2CCN3CC2)cc1. The molecule has 4 heterocycles. The highest BCUT2D eigenvalue weighted by Gasteiger charge is 2.49. The van der Waals surface area contributed by atoms with Crippen LogP contribution in [0.15, 0.2) is 59.7 Å². The average Bonchev–Trinajstić information content (AvgIpc) is 3.07. The molecule has 6 rings (SSSR count). The van der Waals surface area contributed by atoms with E-state index in [1.807, 2.05) is 18.2 Å². The van der Waals surface area contributed by atoms with Gasteiger partial charge >= 0.3 is 0 Å². The van der Waals surface area contributed by atoms with Gasteiger partial charge in [-0.15, -0.1) is 0 Å². The van der Waals surface area contributed by atoms with Crippen LogP contribution in [0.2, 0.25) is 0 Å². The quantitative estimate of drug-likeness (QED) is 0.922. The molecule has 0 aliphatic carbocycles. The number of benzene rings is 2. The van der Waals surface area contributed by atoms with E-state index in [0.29, 0.717) is 17.7 Å². The third kappa shape index (κ3) is 2.06. The predicted molar refractivity (Wildman–Crippen MR) is 95.3 cm³/mol. The summed E-state index contributed by atoms with van der Waals surface area (Å²) >= 11 is 0. The molecule has 4 aliphatic heterocycles. The van der Waals surface area contributed by atoms with Crippen molar-refractivity contribution < 1.29 is 5.11 Å². The Hall–Kier alpha value is -2.33. The maximum atomic E-state index is 9.67. The number of hydrazone groups is 1. The fourth-order valence-corrected chi connectivity index (χ4v) is 4.52. The van der Waals surface area contributed by atoms with Crippen LogP contribution in [0.5, 0.6) is 5.75 Å². The highest BCUT2D eigenvalue weighted by molar-refractivity contribution is 5.97. The van der Waals surface area contributed by atoms with Crippen LogP contribution >= 0.6 is 0 Å². The number of phenols is 1. The number of piperidine rings is 3. The molecule has 24 heavy (non-hydrogen) atoms. The first-order valence-corrected chi connectivity index (χ1v) is 8.77. The number of fused-ring (bicyclic) bond motifs is 2. The lowest BCUT2D eigenvalue weighted by atomic mass is 9.78. The van der Waals surface area contributed by atoms with Crippen molar-refractivity contribution in [2.75, 3.05) is 18.1 Å². The summed E-state index contributed by atoms with van der Waals surface area (Å²) in [4.78, 5) is 2.60. The highest BCUT2D eigenvalue weighted by atomic mass is 16.3. The molecule has 2 aromatic rings. The molecule has 4 aliphatic rings. The van der Waals surface area contributed by atoms with Gasteiger partial charge in [0.05, 0.1) is 23.5 Å². The van der Waals surface area contributed by atoms with Gasteiger partial charge in [0.15, 0.2) is 0 Å². The second kappa shape index (κ2) is 5.35. The van der Waals surface area contributed by atoms with Gasteiger partial charge in [-0.3, -0.25) is 9.91 Å². The molecule has 3 fully saturated rings. The Balaban J connectivity index is 1.62. The molecule has 2 unspecified atom stereocenters. The molecule has 4 nitrogen and oxygen atoms in total. The molecule has 0 amide bonds. The highest BCUT2D eigenvalue weighted by Crippen LogP contribution is 2.45. The van der Waals surface area contributed by atoms with Gasteiger partial charge < -0.3 is 5.11 Å². The second-order valence-electron chi connectivity index (χ2n) is 7.00. The van der Waals surface area contributed by atoms with Gasteiger partial charge in [0.25, 0.3) is 0 Å². The molecular weight excluding hydrogens is 298 g/mol. The van der Waals surface area contributed by atoms with E-state index in [-0.39, 0.29) is 6.04 Å². The maximum absolute atomic E-state index is 9.67. The van der Waals surface area contributed by atoms with Gasteiger partial charge in [0, 0.05) is 5.92 Å². The zero-order chi connectivity index (χ0) is 16.1. The number of nitrogens with zero attached hydrogens (tertiary/aromatic N) is 3. The van der Waals surface area contributed by atoms with E-state index in [2.05, 4.69) is 34.2 Å². The third-order valence-corrected chi connectivity index (χ3v) is 5.69. The summed E-state index contributed by atoms with van der Waals surface area (Å²) in [7, 11) is 0. The lowest BCUT2D eigenvalue weighted by Gasteiger charge is -2.46. The van der Waals surface area contributed by atoms with Gasteiger partial charge in [-0.2, -0.15) is 5.10 Å². The first kappa shape index (κ1) is 14.1. The molecular formula is C20H21N3O. The Morgan fingerprint density at radius 2 is 1.58 bits per heavy atom. The lowest BCUT2D eigenvalue weighted by Crippen LogP contribution is -2.56. The average molecular weight is 319 g/mol. The lowest BCUT2D eigenvalue weighted by molar-refractivity contribution is 0.137. The Kier molecular flexibility index (Phi) is 3.13. The Morgan fingerprint density at radius 1 is 0.875 bits per heavy atom. The smallest absolute Gasteiger partial charge is 0.115 e. The van der Waals surface area contributed by atoms with E-state index in [0.717, 1.165) is 5.69 Å². The number of hydrogen-bond donors (Lipinski definition) is 1. The van der Waals surface area contributed by atoms with Crippen LogP contribution in [0.4, 0.5) is 5.69 Å². The number of para-hydroxylation sites is 1. The molecule has 3 saturated heterocycles. The topological polar surface area (TPSA) is 39.1 Å². The van der Waals surface area contributed by atoms with E-state index >= 15 is 0 Å². The summed E-state index contributed by atoms with van der Waals surface area (Å²) in [6.45, 7) is 2.34. The van der Waals surface area contributed by atoms with Crippen LogP contribution in [-0.4, -0.2) is 34.8 Å².